The molecule has 0 saturated heterocycles. The number of carbonyl (C=O) groups is 2. The molecule has 0 aromatic heterocycles. The van der Waals surface area contributed by atoms with E-state index in [0.29, 0.717) is 12.8 Å². The Labute approximate surface area is 310 Å². The normalized spacial score (nSPS) is 14.2. The molecule has 0 aliphatic carbocycles. The van der Waals surface area contributed by atoms with E-state index < -0.39 is 51.8 Å². The summed E-state index contributed by atoms with van der Waals surface area (Å²) in [5.74, 6) is -0.943. The average Bonchev–Trinajstić information content (AvgIpc) is 3.12. The van der Waals surface area contributed by atoms with Crippen LogP contribution in [0.5, 0.6) is 0 Å². The molecule has 0 bridgehead atoms. The predicted octanol–water partition coefficient (Wildman–Crippen LogP) is 10.2. The number of hydrogen-bond acceptors (Lipinski definition) is 9. The van der Waals surface area contributed by atoms with Crippen LogP contribution in [0.2, 0.25) is 0 Å². The van der Waals surface area contributed by atoms with Gasteiger partial charge in [0.25, 0.3) is 0 Å². The van der Waals surface area contributed by atoms with Crippen LogP contribution in [0.25, 0.3) is 0 Å². The van der Waals surface area contributed by atoms with Gasteiger partial charge in [-0.05, 0) is 64.2 Å². The van der Waals surface area contributed by atoms with E-state index in [0.717, 1.165) is 77.0 Å². The summed E-state index contributed by atoms with van der Waals surface area (Å²) in [4.78, 5) is 34.9. The Morgan fingerprint density at radius 2 is 0.961 bits per heavy atom. The van der Waals surface area contributed by atoms with Crippen molar-refractivity contribution < 1.29 is 47.8 Å². The van der Waals surface area contributed by atoms with Crippen LogP contribution < -0.4 is 0 Å². The van der Waals surface area contributed by atoms with E-state index in [1.165, 1.54) is 64.2 Å². The van der Waals surface area contributed by atoms with Crippen LogP contribution in [0.15, 0.2) is 24.3 Å². The van der Waals surface area contributed by atoms with Gasteiger partial charge in [-0.3, -0.25) is 18.6 Å². The van der Waals surface area contributed by atoms with Gasteiger partial charge in [0.2, 0.25) is 0 Å². The van der Waals surface area contributed by atoms with E-state index in [1.54, 1.807) is 0 Å². The molecular weight excluding hydrogens is 671 g/mol. The molecule has 0 amide bonds. The first-order valence-electron chi connectivity index (χ1n) is 20.3. The zero-order chi connectivity index (χ0) is 37.7. The highest BCUT2D eigenvalue weighted by Crippen LogP contribution is 2.43. The standard InChI is InChI=1S/C40H75O10P/c1-3-5-7-9-11-13-15-17-18-19-20-22-24-26-28-30-32-40(44)50-38(36-49-51(45,46)48-34-37(42)33-41)35-47-39(43)31-29-27-25-23-21-16-14-12-10-8-6-4-2/h12,14,18-19,37-38,41-42H,3-11,13,15-17,20-36H2,1-2H3,(H,45,46)/b14-12-,19-18-/t37-,38+/m0/s1. The first kappa shape index (κ1) is 49.5. The number of esters is 2. The second-order valence-electron chi connectivity index (χ2n) is 13.7. The highest BCUT2D eigenvalue weighted by atomic mass is 31.2. The third-order valence-corrected chi connectivity index (χ3v) is 9.53. The molecule has 0 heterocycles. The topological polar surface area (TPSA) is 149 Å². The van der Waals surface area contributed by atoms with Gasteiger partial charge < -0.3 is 24.6 Å². The third kappa shape index (κ3) is 36.6. The molecule has 300 valence electrons. The van der Waals surface area contributed by atoms with Crippen LogP contribution in [0.4, 0.5) is 0 Å². The van der Waals surface area contributed by atoms with Crippen molar-refractivity contribution in [2.75, 3.05) is 26.4 Å². The molecule has 10 nitrogen and oxygen atoms in total. The summed E-state index contributed by atoms with van der Waals surface area (Å²) in [6.45, 7) is 2.33. The molecule has 0 rings (SSSR count). The average molecular weight is 747 g/mol. The number of unbranched alkanes of at least 4 members (excludes halogenated alkanes) is 20. The van der Waals surface area contributed by atoms with Gasteiger partial charge >= 0.3 is 19.8 Å². The fourth-order valence-corrected chi connectivity index (χ4v) is 6.18. The minimum atomic E-state index is -4.61. The summed E-state index contributed by atoms with van der Waals surface area (Å²) in [6, 6.07) is 0. The first-order valence-corrected chi connectivity index (χ1v) is 21.8. The fraction of sp³-hybridized carbons (Fsp3) is 0.850. The lowest BCUT2D eigenvalue weighted by molar-refractivity contribution is -0.161. The van der Waals surface area contributed by atoms with Gasteiger partial charge in [-0.25, -0.2) is 4.57 Å². The Morgan fingerprint density at radius 1 is 0.569 bits per heavy atom. The summed E-state index contributed by atoms with van der Waals surface area (Å²) < 4.78 is 32.6. The fourth-order valence-electron chi connectivity index (χ4n) is 5.39. The van der Waals surface area contributed by atoms with Crippen molar-refractivity contribution >= 4 is 19.8 Å². The maximum absolute atomic E-state index is 12.6. The Kier molecular flexibility index (Phi) is 35.7. The van der Waals surface area contributed by atoms with Crippen LogP contribution in [-0.4, -0.2) is 65.7 Å². The number of phosphoric ester groups is 1. The van der Waals surface area contributed by atoms with Gasteiger partial charge in [0.05, 0.1) is 19.8 Å². The molecule has 3 N–H and O–H groups in total. The largest absolute Gasteiger partial charge is 0.472 e. The quantitative estimate of drug-likeness (QED) is 0.0241. The molecule has 0 radical (unpaired) electrons. The molecule has 0 aromatic carbocycles. The van der Waals surface area contributed by atoms with Crippen molar-refractivity contribution in [2.45, 2.75) is 193 Å². The molecule has 51 heavy (non-hydrogen) atoms. The number of ether oxygens (including phenoxy) is 2. The van der Waals surface area contributed by atoms with Crippen LogP contribution in [0.3, 0.4) is 0 Å². The Balaban J connectivity index is 4.35. The molecular formula is C40H75O10P. The molecule has 11 heteroatoms. The van der Waals surface area contributed by atoms with Crippen LogP contribution in [0, 0.1) is 0 Å². The number of hydrogen-bond donors (Lipinski definition) is 3. The van der Waals surface area contributed by atoms with Crippen molar-refractivity contribution in [1.82, 2.24) is 0 Å². The van der Waals surface area contributed by atoms with E-state index in [4.69, 9.17) is 19.1 Å². The molecule has 0 fully saturated rings. The van der Waals surface area contributed by atoms with Crippen molar-refractivity contribution in [3.8, 4) is 0 Å². The van der Waals surface area contributed by atoms with Gasteiger partial charge in [0, 0.05) is 12.8 Å². The summed E-state index contributed by atoms with van der Waals surface area (Å²) in [7, 11) is -4.61. The second-order valence-corrected chi connectivity index (χ2v) is 15.1. The number of phosphoric acid groups is 1. The Morgan fingerprint density at radius 3 is 1.45 bits per heavy atom. The van der Waals surface area contributed by atoms with Crippen LogP contribution in [-0.2, 0) is 32.7 Å². The van der Waals surface area contributed by atoms with Gasteiger partial charge in [0.15, 0.2) is 6.10 Å². The van der Waals surface area contributed by atoms with Crippen molar-refractivity contribution in [3.63, 3.8) is 0 Å². The molecule has 3 atom stereocenters. The van der Waals surface area contributed by atoms with Gasteiger partial charge in [-0.2, -0.15) is 0 Å². The lowest BCUT2D eigenvalue weighted by Crippen LogP contribution is -2.29. The first-order chi connectivity index (χ1) is 24.7. The van der Waals surface area contributed by atoms with Gasteiger partial charge in [0.1, 0.15) is 12.7 Å². The van der Waals surface area contributed by atoms with Crippen molar-refractivity contribution in [2.24, 2.45) is 0 Å². The SMILES string of the molecule is CCCCC/C=C\CCCCCCCC(=O)OC[C@H](COP(=O)(O)OC[C@@H](O)CO)OC(=O)CCCCCCC/C=C\CCCCCCCCC. The van der Waals surface area contributed by atoms with Crippen LogP contribution >= 0.6 is 7.82 Å². The predicted molar refractivity (Wildman–Crippen MR) is 205 cm³/mol. The molecule has 0 aliphatic rings. The number of rotatable bonds is 38. The van der Waals surface area contributed by atoms with E-state index >= 15 is 0 Å². The number of aliphatic hydroxyl groups is 2. The highest BCUT2D eigenvalue weighted by molar-refractivity contribution is 7.47. The molecule has 0 aromatic rings. The van der Waals surface area contributed by atoms with E-state index in [-0.39, 0.29) is 19.4 Å². The lowest BCUT2D eigenvalue weighted by Gasteiger charge is -2.20. The number of aliphatic hydroxyl groups excluding tert-OH is 2. The zero-order valence-corrected chi connectivity index (χ0v) is 33.2. The number of carbonyl (C=O) groups excluding carboxylic acids is 2. The van der Waals surface area contributed by atoms with E-state index in [2.05, 4.69) is 42.7 Å². The molecule has 1 unspecified atom stereocenters. The maximum atomic E-state index is 12.6. The summed E-state index contributed by atoms with van der Waals surface area (Å²) in [5, 5.41) is 18.3. The summed E-state index contributed by atoms with van der Waals surface area (Å²) in [6.07, 6.45) is 34.3. The third-order valence-electron chi connectivity index (χ3n) is 8.58. The molecule has 0 spiro atoms. The van der Waals surface area contributed by atoms with Gasteiger partial charge in [-0.15, -0.1) is 0 Å². The smallest absolute Gasteiger partial charge is 0.462 e. The van der Waals surface area contributed by atoms with Crippen LogP contribution in [0.1, 0.15) is 181 Å². The van der Waals surface area contributed by atoms with Gasteiger partial charge in [-0.1, -0.05) is 128 Å². The number of allylic oxidation sites excluding steroid dienone is 4. The van der Waals surface area contributed by atoms with Crippen molar-refractivity contribution in [3.05, 3.63) is 24.3 Å². The van der Waals surface area contributed by atoms with E-state index in [1.807, 2.05) is 0 Å². The monoisotopic (exact) mass is 747 g/mol. The Hall–Kier alpha value is -1.55. The summed E-state index contributed by atoms with van der Waals surface area (Å²) in [5.41, 5.74) is 0. The molecule has 0 saturated carbocycles. The zero-order valence-electron chi connectivity index (χ0n) is 32.3. The van der Waals surface area contributed by atoms with E-state index in [9.17, 15) is 24.2 Å². The Bertz CT molecular complexity index is 910. The lowest BCUT2D eigenvalue weighted by atomic mass is 10.1. The maximum Gasteiger partial charge on any atom is 0.472 e. The second kappa shape index (κ2) is 36.8. The highest BCUT2D eigenvalue weighted by Gasteiger charge is 2.27. The van der Waals surface area contributed by atoms with Crippen molar-refractivity contribution in [1.29, 1.82) is 0 Å². The molecule has 0 aliphatic heterocycles. The minimum absolute atomic E-state index is 0.174. The summed E-state index contributed by atoms with van der Waals surface area (Å²) >= 11 is 0. The minimum Gasteiger partial charge on any atom is -0.462 e.